The molecule has 0 aliphatic carbocycles. The van der Waals surface area contributed by atoms with Crippen molar-refractivity contribution in [3.63, 3.8) is 0 Å². The number of fused-ring (bicyclic) bond motifs is 1. The molecule has 4 nitrogen and oxygen atoms in total. The summed E-state index contributed by atoms with van der Waals surface area (Å²) in [5, 5.41) is 3.36. The van der Waals surface area contributed by atoms with Crippen LogP contribution >= 0.6 is 0 Å². The lowest BCUT2D eigenvalue weighted by molar-refractivity contribution is -0.121. The van der Waals surface area contributed by atoms with Gasteiger partial charge in [0.25, 0.3) is 0 Å². The van der Waals surface area contributed by atoms with Gasteiger partial charge < -0.3 is 15.0 Å². The zero-order valence-electron chi connectivity index (χ0n) is 15.9. The van der Waals surface area contributed by atoms with Gasteiger partial charge in [-0.3, -0.25) is 4.79 Å². The summed E-state index contributed by atoms with van der Waals surface area (Å²) in [6, 6.07) is 16.2. The number of hydrogen-bond acceptors (Lipinski definition) is 3. The van der Waals surface area contributed by atoms with Crippen LogP contribution in [0, 0.1) is 5.92 Å². The number of ether oxygens (including phenoxy) is 1. The molecule has 0 saturated heterocycles. The molecular weight excluding hydrogens is 324 g/mol. The molecule has 0 unspecified atom stereocenters. The highest BCUT2D eigenvalue weighted by Crippen LogP contribution is 2.30. The molecule has 2 aromatic rings. The van der Waals surface area contributed by atoms with Crippen molar-refractivity contribution in [1.29, 1.82) is 0 Å². The number of hydrogen-bond donors (Lipinski definition) is 1. The molecule has 1 N–H and O–H groups in total. The Morgan fingerprint density at radius 3 is 2.65 bits per heavy atom. The van der Waals surface area contributed by atoms with Gasteiger partial charge in [-0.1, -0.05) is 45.0 Å². The molecular formula is C22H28N2O2. The number of rotatable bonds is 6. The van der Waals surface area contributed by atoms with Crippen LogP contribution in [0.3, 0.4) is 0 Å². The lowest BCUT2D eigenvalue weighted by Crippen LogP contribution is -2.38. The molecule has 26 heavy (non-hydrogen) atoms. The first kappa shape index (κ1) is 18.3. The average molecular weight is 352 g/mol. The van der Waals surface area contributed by atoms with Gasteiger partial charge in [0.2, 0.25) is 5.91 Å². The van der Waals surface area contributed by atoms with Gasteiger partial charge >= 0.3 is 0 Å². The Bertz CT molecular complexity index is 742. The molecule has 0 aromatic heterocycles. The number of benzene rings is 2. The summed E-state index contributed by atoms with van der Waals surface area (Å²) < 4.78 is 5.90. The van der Waals surface area contributed by atoms with E-state index in [1.165, 1.54) is 5.56 Å². The van der Waals surface area contributed by atoms with Gasteiger partial charge in [-0.15, -0.1) is 0 Å². The number of amides is 1. The van der Waals surface area contributed by atoms with E-state index >= 15 is 0 Å². The second-order valence-electron chi connectivity index (χ2n) is 7.02. The third-order valence-corrected chi connectivity index (χ3v) is 5.13. The second-order valence-corrected chi connectivity index (χ2v) is 7.02. The molecule has 2 aromatic carbocycles. The second kappa shape index (κ2) is 8.26. The molecule has 1 aliphatic heterocycles. The van der Waals surface area contributed by atoms with Crippen molar-refractivity contribution in [3.8, 4) is 5.75 Å². The van der Waals surface area contributed by atoms with Gasteiger partial charge in [-0.2, -0.15) is 0 Å². The van der Waals surface area contributed by atoms with Crippen molar-refractivity contribution < 1.29 is 9.53 Å². The SMILES string of the molecule is CC[C@H](C)c1ccc(OCCN2C(=O)[C@H](C)CNc3ccccc32)cc1. The number of carbonyl (C=O) groups excluding carboxylic acids is 1. The molecule has 1 aliphatic rings. The third kappa shape index (κ3) is 4.01. The fourth-order valence-corrected chi connectivity index (χ4v) is 3.21. The molecule has 1 heterocycles. The van der Waals surface area contributed by atoms with Crippen LogP contribution in [0.5, 0.6) is 5.75 Å². The lowest BCUT2D eigenvalue weighted by Gasteiger charge is -2.24. The molecule has 4 heteroatoms. The summed E-state index contributed by atoms with van der Waals surface area (Å²) in [4.78, 5) is 14.6. The maximum Gasteiger partial charge on any atom is 0.231 e. The summed E-state index contributed by atoms with van der Waals surface area (Å²) in [5.74, 6) is 1.48. The standard InChI is InChI=1S/C22H28N2O2/c1-4-16(2)18-9-11-19(12-10-18)26-14-13-24-21-8-6-5-7-20(21)23-15-17(3)22(24)25/h5-12,16-17,23H,4,13-15H2,1-3H3/t16-,17+/m0/s1. The largest absolute Gasteiger partial charge is 0.492 e. The highest BCUT2D eigenvalue weighted by atomic mass is 16.5. The maximum absolute atomic E-state index is 12.7. The Balaban J connectivity index is 1.65. The average Bonchev–Trinajstić information content (AvgIpc) is 2.80. The van der Waals surface area contributed by atoms with E-state index in [9.17, 15) is 4.79 Å². The molecule has 2 atom stereocenters. The lowest BCUT2D eigenvalue weighted by atomic mass is 9.99. The van der Waals surface area contributed by atoms with Crippen molar-refractivity contribution in [3.05, 3.63) is 54.1 Å². The first-order chi connectivity index (χ1) is 12.6. The quantitative estimate of drug-likeness (QED) is 0.821. The van der Waals surface area contributed by atoms with E-state index in [2.05, 4.69) is 31.3 Å². The van der Waals surface area contributed by atoms with Gasteiger partial charge in [-0.25, -0.2) is 0 Å². The first-order valence-electron chi connectivity index (χ1n) is 9.47. The molecule has 0 saturated carbocycles. The van der Waals surface area contributed by atoms with E-state index in [0.29, 0.717) is 25.6 Å². The Labute approximate surface area is 156 Å². The minimum Gasteiger partial charge on any atom is -0.492 e. The van der Waals surface area contributed by atoms with Crippen LogP contribution in [-0.2, 0) is 4.79 Å². The molecule has 1 amide bonds. The van der Waals surface area contributed by atoms with Crippen molar-refractivity contribution >= 4 is 17.3 Å². The summed E-state index contributed by atoms with van der Waals surface area (Å²) in [5.41, 5.74) is 3.26. The molecule has 138 valence electrons. The van der Waals surface area contributed by atoms with Crippen LogP contribution in [0.1, 0.15) is 38.7 Å². The normalized spacial score (nSPS) is 17.9. The van der Waals surface area contributed by atoms with Gasteiger partial charge in [0.15, 0.2) is 0 Å². The fourth-order valence-electron chi connectivity index (χ4n) is 3.21. The summed E-state index contributed by atoms with van der Waals surface area (Å²) >= 11 is 0. The smallest absolute Gasteiger partial charge is 0.231 e. The van der Waals surface area contributed by atoms with E-state index < -0.39 is 0 Å². The van der Waals surface area contributed by atoms with Crippen LogP contribution in [-0.4, -0.2) is 25.6 Å². The molecule has 0 spiro atoms. The molecule has 0 fully saturated rings. The Kier molecular flexibility index (Phi) is 5.82. The monoisotopic (exact) mass is 352 g/mol. The van der Waals surface area contributed by atoms with Crippen molar-refractivity contribution in [2.45, 2.75) is 33.1 Å². The summed E-state index contributed by atoms with van der Waals surface area (Å²) in [6.07, 6.45) is 1.13. The fraction of sp³-hybridized carbons (Fsp3) is 0.409. The topological polar surface area (TPSA) is 41.6 Å². The van der Waals surface area contributed by atoms with Crippen LogP contribution in [0.4, 0.5) is 11.4 Å². The predicted octanol–water partition coefficient (Wildman–Crippen LogP) is 4.67. The van der Waals surface area contributed by atoms with Gasteiger partial charge in [-0.05, 0) is 42.2 Å². The highest BCUT2D eigenvalue weighted by Gasteiger charge is 2.26. The van der Waals surface area contributed by atoms with Gasteiger partial charge in [0, 0.05) is 6.54 Å². The molecule has 0 bridgehead atoms. The zero-order chi connectivity index (χ0) is 18.5. The number of para-hydroxylation sites is 2. The van der Waals surface area contributed by atoms with Crippen LogP contribution in [0.15, 0.2) is 48.5 Å². The zero-order valence-corrected chi connectivity index (χ0v) is 15.9. The number of nitrogens with zero attached hydrogens (tertiary/aromatic N) is 1. The Morgan fingerprint density at radius 2 is 1.92 bits per heavy atom. The van der Waals surface area contributed by atoms with Crippen LogP contribution in [0.2, 0.25) is 0 Å². The minimum absolute atomic E-state index is 0.0581. The highest BCUT2D eigenvalue weighted by molar-refractivity contribution is 5.99. The van der Waals surface area contributed by atoms with Gasteiger partial charge in [0.05, 0.1) is 23.8 Å². The van der Waals surface area contributed by atoms with Crippen molar-refractivity contribution in [2.24, 2.45) is 5.92 Å². The van der Waals surface area contributed by atoms with Crippen molar-refractivity contribution in [1.82, 2.24) is 0 Å². The van der Waals surface area contributed by atoms with Crippen LogP contribution < -0.4 is 15.0 Å². The number of carbonyl (C=O) groups is 1. The van der Waals surface area contributed by atoms with E-state index in [1.54, 1.807) is 0 Å². The Hall–Kier alpha value is -2.49. The Morgan fingerprint density at radius 1 is 1.19 bits per heavy atom. The van der Waals surface area contributed by atoms with Gasteiger partial charge in [0.1, 0.15) is 12.4 Å². The van der Waals surface area contributed by atoms with E-state index in [-0.39, 0.29) is 11.8 Å². The van der Waals surface area contributed by atoms with Crippen molar-refractivity contribution in [2.75, 3.05) is 29.9 Å². The third-order valence-electron chi connectivity index (χ3n) is 5.13. The van der Waals surface area contributed by atoms with Crippen LogP contribution in [0.25, 0.3) is 0 Å². The molecule has 0 radical (unpaired) electrons. The van der Waals surface area contributed by atoms with E-state index in [0.717, 1.165) is 23.5 Å². The predicted molar refractivity (Wildman–Crippen MR) is 107 cm³/mol. The maximum atomic E-state index is 12.7. The molecule has 3 rings (SSSR count). The van der Waals surface area contributed by atoms with E-state index in [4.69, 9.17) is 4.74 Å². The number of nitrogens with one attached hydrogen (secondary N) is 1. The van der Waals surface area contributed by atoms with E-state index in [1.807, 2.05) is 48.2 Å². The number of anilines is 2. The summed E-state index contributed by atoms with van der Waals surface area (Å²) in [6.45, 7) is 8.05. The first-order valence-corrected chi connectivity index (χ1v) is 9.47. The minimum atomic E-state index is -0.0581. The summed E-state index contributed by atoms with van der Waals surface area (Å²) in [7, 11) is 0.